The number of imidazole rings is 1. The van der Waals surface area contributed by atoms with Gasteiger partial charge in [-0.3, -0.25) is 9.78 Å². The van der Waals surface area contributed by atoms with Crippen LogP contribution >= 0.6 is 0 Å². The molecule has 5 heteroatoms. The molecule has 1 atom stereocenters. The molecule has 0 amide bonds. The number of rotatable bonds is 2. The lowest BCUT2D eigenvalue weighted by atomic mass is 9.95. The Morgan fingerprint density at radius 3 is 3.16 bits per heavy atom. The molecule has 2 aromatic rings. The van der Waals surface area contributed by atoms with E-state index in [2.05, 4.69) is 4.98 Å². The maximum atomic E-state index is 13.3. The number of fused-ring (bicyclic) bond motifs is 1. The van der Waals surface area contributed by atoms with Crippen LogP contribution in [0, 0.1) is 11.7 Å². The fourth-order valence-corrected chi connectivity index (χ4v) is 2.35. The van der Waals surface area contributed by atoms with Gasteiger partial charge in [-0.15, -0.1) is 0 Å². The third kappa shape index (κ3) is 2.36. The summed E-state index contributed by atoms with van der Waals surface area (Å²) >= 11 is 0. The quantitative estimate of drug-likeness (QED) is 0.837. The minimum Gasteiger partial charge on any atom is -0.493 e. The van der Waals surface area contributed by atoms with Gasteiger partial charge in [-0.1, -0.05) is 0 Å². The average molecular weight is 261 g/mol. The number of nitrogens with one attached hydrogen (secondary N) is 1. The molecule has 0 bridgehead atoms. The van der Waals surface area contributed by atoms with Crippen LogP contribution in [0.15, 0.2) is 36.9 Å². The fraction of sp³-hybridized carbons (Fsp3) is 0.286. The van der Waals surface area contributed by atoms with Gasteiger partial charge in [-0.25, -0.2) is 8.96 Å². The first-order valence-electron chi connectivity index (χ1n) is 6.22. The van der Waals surface area contributed by atoms with Crippen molar-refractivity contribution in [2.24, 2.45) is 5.92 Å². The largest absolute Gasteiger partial charge is 0.493 e. The molecule has 1 aliphatic rings. The average Bonchev–Trinajstić information content (AvgIpc) is 2.86. The molecule has 0 spiro atoms. The highest BCUT2D eigenvalue weighted by Crippen LogP contribution is 2.27. The molecule has 1 aromatic heterocycles. The van der Waals surface area contributed by atoms with Crippen LogP contribution in [0.2, 0.25) is 0 Å². The Hall–Kier alpha value is -2.17. The van der Waals surface area contributed by atoms with E-state index >= 15 is 0 Å². The van der Waals surface area contributed by atoms with E-state index in [1.54, 1.807) is 12.5 Å². The molecule has 0 saturated carbocycles. The maximum absolute atomic E-state index is 13.3. The van der Waals surface area contributed by atoms with Crippen LogP contribution in [-0.4, -0.2) is 17.4 Å². The molecule has 0 saturated heterocycles. The van der Waals surface area contributed by atoms with E-state index < -0.39 is 5.82 Å². The van der Waals surface area contributed by atoms with Crippen LogP contribution in [0.3, 0.4) is 0 Å². The van der Waals surface area contributed by atoms with Gasteiger partial charge in [0.05, 0.1) is 18.1 Å². The van der Waals surface area contributed by atoms with Crippen molar-refractivity contribution in [1.82, 2.24) is 4.98 Å². The van der Waals surface area contributed by atoms with Crippen molar-refractivity contribution < 1.29 is 18.5 Å². The summed E-state index contributed by atoms with van der Waals surface area (Å²) in [4.78, 5) is 15.4. The molecule has 1 aliphatic heterocycles. The van der Waals surface area contributed by atoms with Gasteiger partial charge in [0.1, 0.15) is 30.5 Å². The standard InChI is InChI=1S/C14H13FN2O2/c15-11-1-2-13-12(7-11)14(18)10(3-6-19-13)8-17-5-4-16-9-17/h1-2,4-5,7,9-10H,3,6,8H2/p+1. The number of halogens is 1. The summed E-state index contributed by atoms with van der Waals surface area (Å²) < 4.78 is 20.7. The summed E-state index contributed by atoms with van der Waals surface area (Å²) in [5.41, 5.74) is 0.346. The molecule has 4 nitrogen and oxygen atoms in total. The molecule has 0 aliphatic carbocycles. The normalized spacial score (nSPS) is 18.6. The van der Waals surface area contributed by atoms with Crippen molar-refractivity contribution in [2.45, 2.75) is 13.0 Å². The second kappa shape index (κ2) is 4.84. The number of carbonyl (C=O) groups excluding carboxylic acids is 1. The number of aromatic amines is 1. The molecule has 3 rings (SSSR count). The van der Waals surface area contributed by atoms with Crippen LogP contribution in [0.1, 0.15) is 16.8 Å². The predicted molar refractivity (Wildman–Crippen MR) is 65.3 cm³/mol. The van der Waals surface area contributed by atoms with E-state index in [4.69, 9.17) is 4.74 Å². The Kier molecular flexibility index (Phi) is 3.03. The molecule has 1 N–H and O–H groups in total. The molecule has 98 valence electrons. The smallest absolute Gasteiger partial charge is 0.241 e. The molecule has 0 fully saturated rings. The number of nitrogens with zero attached hydrogens (tertiary/aromatic N) is 1. The van der Waals surface area contributed by atoms with Gasteiger partial charge in [0.25, 0.3) is 0 Å². The lowest BCUT2D eigenvalue weighted by Gasteiger charge is -2.09. The zero-order chi connectivity index (χ0) is 13.2. The Labute approximate surface area is 109 Å². The summed E-state index contributed by atoms with van der Waals surface area (Å²) in [5.74, 6) is -0.178. The first kappa shape index (κ1) is 11.9. The fourth-order valence-electron chi connectivity index (χ4n) is 2.35. The van der Waals surface area contributed by atoms with Crippen molar-refractivity contribution in [2.75, 3.05) is 6.61 Å². The highest BCUT2D eigenvalue weighted by molar-refractivity contribution is 6.00. The van der Waals surface area contributed by atoms with Gasteiger partial charge in [0.2, 0.25) is 6.33 Å². The number of ether oxygens (including phenoxy) is 1. The van der Waals surface area contributed by atoms with E-state index in [1.807, 2.05) is 10.8 Å². The van der Waals surface area contributed by atoms with Crippen LogP contribution < -0.4 is 9.30 Å². The number of carbonyl (C=O) groups is 1. The molecular weight excluding hydrogens is 247 g/mol. The van der Waals surface area contributed by atoms with E-state index in [0.717, 1.165) is 0 Å². The third-order valence-electron chi connectivity index (χ3n) is 3.34. The Bertz CT molecular complexity index is 595. The van der Waals surface area contributed by atoms with Gasteiger partial charge in [-0.2, -0.15) is 0 Å². The number of Topliss-reactive ketones (excluding diaryl/α,β-unsaturated/α-hetero) is 1. The van der Waals surface area contributed by atoms with Crippen LogP contribution in [0.4, 0.5) is 4.39 Å². The maximum Gasteiger partial charge on any atom is 0.241 e. The first-order chi connectivity index (χ1) is 9.24. The van der Waals surface area contributed by atoms with Crippen molar-refractivity contribution >= 4 is 5.78 Å². The topological polar surface area (TPSA) is 46.0 Å². The minimum atomic E-state index is -0.411. The van der Waals surface area contributed by atoms with Gasteiger partial charge in [0, 0.05) is 0 Å². The van der Waals surface area contributed by atoms with Crippen molar-refractivity contribution in [1.29, 1.82) is 0 Å². The Morgan fingerprint density at radius 1 is 1.47 bits per heavy atom. The van der Waals surface area contributed by atoms with Crippen molar-refractivity contribution in [3.05, 3.63) is 48.3 Å². The molecule has 19 heavy (non-hydrogen) atoms. The number of hydrogen-bond acceptors (Lipinski definition) is 2. The lowest BCUT2D eigenvalue weighted by molar-refractivity contribution is -0.699. The van der Waals surface area contributed by atoms with E-state index in [1.165, 1.54) is 18.2 Å². The second-order valence-electron chi connectivity index (χ2n) is 4.65. The van der Waals surface area contributed by atoms with Crippen LogP contribution in [0.5, 0.6) is 5.75 Å². The highest BCUT2D eigenvalue weighted by atomic mass is 19.1. The van der Waals surface area contributed by atoms with Gasteiger partial charge in [0.15, 0.2) is 5.78 Å². The summed E-state index contributed by atoms with van der Waals surface area (Å²) in [6.45, 7) is 1.04. The Balaban J connectivity index is 1.90. The summed E-state index contributed by atoms with van der Waals surface area (Å²) in [7, 11) is 0. The summed E-state index contributed by atoms with van der Waals surface area (Å²) in [5, 5.41) is 0. The number of H-pyrrole nitrogens is 1. The SMILES string of the molecule is O=C1c2cc(F)ccc2OCCC1C[n+]1cc[nH]c1. The summed E-state index contributed by atoms with van der Waals surface area (Å²) in [6.07, 6.45) is 6.09. The molecule has 0 radical (unpaired) electrons. The van der Waals surface area contributed by atoms with E-state index in [0.29, 0.717) is 30.9 Å². The van der Waals surface area contributed by atoms with Crippen LogP contribution in [0.25, 0.3) is 0 Å². The highest BCUT2D eigenvalue weighted by Gasteiger charge is 2.28. The van der Waals surface area contributed by atoms with Crippen molar-refractivity contribution in [3.63, 3.8) is 0 Å². The van der Waals surface area contributed by atoms with Gasteiger partial charge in [-0.05, 0) is 24.6 Å². The number of hydrogen-bond donors (Lipinski definition) is 1. The van der Waals surface area contributed by atoms with E-state index in [-0.39, 0.29) is 11.7 Å². The molecular formula is C14H14FN2O2+. The second-order valence-corrected chi connectivity index (χ2v) is 4.65. The van der Waals surface area contributed by atoms with Crippen LogP contribution in [-0.2, 0) is 6.54 Å². The minimum absolute atomic E-state index is 0.0549. The third-order valence-corrected chi connectivity index (χ3v) is 3.34. The number of ketones is 1. The lowest BCUT2D eigenvalue weighted by Crippen LogP contribution is -2.38. The molecule has 1 aromatic carbocycles. The predicted octanol–water partition coefficient (Wildman–Crippen LogP) is 1.72. The first-order valence-corrected chi connectivity index (χ1v) is 6.22. The molecule has 1 unspecified atom stereocenters. The number of aromatic nitrogens is 2. The van der Waals surface area contributed by atoms with Gasteiger partial charge < -0.3 is 4.74 Å². The summed E-state index contributed by atoms with van der Waals surface area (Å²) in [6, 6.07) is 4.10. The van der Waals surface area contributed by atoms with Gasteiger partial charge >= 0.3 is 0 Å². The zero-order valence-electron chi connectivity index (χ0n) is 10.3. The Morgan fingerprint density at radius 2 is 2.37 bits per heavy atom. The van der Waals surface area contributed by atoms with E-state index in [9.17, 15) is 9.18 Å². The van der Waals surface area contributed by atoms with Crippen molar-refractivity contribution in [3.8, 4) is 5.75 Å². The molecule has 2 heterocycles. The number of benzene rings is 1. The monoisotopic (exact) mass is 261 g/mol. The zero-order valence-corrected chi connectivity index (χ0v) is 10.3.